The van der Waals surface area contributed by atoms with Gasteiger partial charge in [0.2, 0.25) is 0 Å². The van der Waals surface area contributed by atoms with Crippen molar-refractivity contribution in [1.29, 1.82) is 0 Å². The van der Waals surface area contributed by atoms with Crippen LogP contribution in [0.25, 0.3) is 0 Å². The Bertz CT molecular complexity index is 451. The fourth-order valence-electron chi connectivity index (χ4n) is 2.19. The summed E-state index contributed by atoms with van der Waals surface area (Å²) in [5.74, 6) is 1.09. The van der Waals surface area contributed by atoms with Gasteiger partial charge in [0.15, 0.2) is 0 Å². The Balaban J connectivity index is 2.68. The van der Waals surface area contributed by atoms with E-state index in [-0.39, 0.29) is 13.2 Å². The molecule has 1 unspecified atom stereocenters. The summed E-state index contributed by atoms with van der Waals surface area (Å²) in [6, 6.07) is 3.86. The van der Waals surface area contributed by atoms with E-state index in [1.54, 1.807) is 0 Å². The number of nitrogens with one attached hydrogen (secondary N) is 1. The summed E-state index contributed by atoms with van der Waals surface area (Å²) >= 11 is 6.16. The first-order valence-electron chi connectivity index (χ1n) is 7.38. The van der Waals surface area contributed by atoms with Gasteiger partial charge in [-0.05, 0) is 36.1 Å². The lowest BCUT2D eigenvalue weighted by atomic mass is 10.0. The molecule has 0 amide bonds. The largest absolute Gasteiger partial charge is 0.490 e. The lowest BCUT2D eigenvalue weighted by Crippen LogP contribution is -3.10. The topological polar surface area (TPSA) is 54.1 Å². The summed E-state index contributed by atoms with van der Waals surface area (Å²) in [6.45, 7) is 7.64. The van der Waals surface area contributed by atoms with Crippen LogP contribution in [0.3, 0.4) is 0 Å². The zero-order valence-electron chi connectivity index (χ0n) is 13.3. The van der Waals surface area contributed by atoms with E-state index < -0.39 is 6.10 Å². The van der Waals surface area contributed by atoms with Crippen LogP contribution < -0.4 is 9.64 Å². The molecule has 0 radical (unpaired) electrons. The van der Waals surface area contributed by atoms with Gasteiger partial charge in [0.1, 0.15) is 31.5 Å². The Hall–Kier alpha value is -0.810. The van der Waals surface area contributed by atoms with Crippen molar-refractivity contribution in [2.75, 3.05) is 33.4 Å². The van der Waals surface area contributed by atoms with Gasteiger partial charge in [-0.2, -0.15) is 0 Å². The van der Waals surface area contributed by atoms with Crippen LogP contribution in [0.1, 0.15) is 30.9 Å². The Morgan fingerprint density at radius 3 is 2.57 bits per heavy atom. The van der Waals surface area contributed by atoms with Gasteiger partial charge in [-0.15, -0.1) is 0 Å². The number of halogens is 1. The molecule has 120 valence electrons. The summed E-state index contributed by atoms with van der Waals surface area (Å²) in [5, 5.41) is 19.6. The fraction of sp³-hybridized carbons (Fsp3) is 0.625. The maximum atomic E-state index is 10.0. The molecule has 2 atom stereocenters. The molecule has 0 aliphatic rings. The Kier molecular flexibility index (Phi) is 7.46. The van der Waals surface area contributed by atoms with Crippen molar-refractivity contribution in [3.8, 4) is 5.75 Å². The van der Waals surface area contributed by atoms with E-state index >= 15 is 0 Å². The second-order valence-corrected chi connectivity index (χ2v) is 6.30. The van der Waals surface area contributed by atoms with Crippen LogP contribution in [0.15, 0.2) is 12.1 Å². The molecule has 3 N–H and O–H groups in total. The van der Waals surface area contributed by atoms with Crippen molar-refractivity contribution in [2.24, 2.45) is 0 Å². The van der Waals surface area contributed by atoms with Crippen LogP contribution in [0.4, 0.5) is 0 Å². The molecular weight excluding hydrogens is 290 g/mol. The highest BCUT2D eigenvalue weighted by molar-refractivity contribution is 6.31. The molecule has 0 aliphatic heterocycles. The van der Waals surface area contributed by atoms with Gasteiger partial charge in [0, 0.05) is 5.02 Å². The lowest BCUT2D eigenvalue weighted by molar-refractivity contribution is -0.883. The molecule has 1 rings (SSSR count). The molecule has 21 heavy (non-hydrogen) atoms. The summed E-state index contributed by atoms with van der Waals surface area (Å²) in [7, 11) is 1.94. The van der Waals surface area contributed by atoms with Crippen molar-refractivity contribution in [2.45, 2.75) is 32.8 Å². The summed E-state index contributed by atoms with van der Waals surface area (Å²) < 4.78 is 5.79. The number of aryl methyl sites for hydroxylation is 1. The van der Waals surface area contributed by atoms with Gasteiger partial charge in [-0.1, -0.05) is 25.4 Å². The monoisotopic (exact) mass is 316 g/mol. The number of aliphatic hydroxyl groups is 2. The van der Waals surface area contributed by atoms with E-state index in [1.165, 1.54) is 0 Å². The molecule has 0 heterocycles. The zero-order chi connectivity index (χ0) is 16.0. The molecule has 0 aliphatic carbocycles. The zero-order valence-corrected chi connectivity index (χ0v) is 14.1. The second kappa shape index (κ2) is 8.59. The van der Waals surface area contributed by atoms with Gasteiger partial charge in [0.05, 0.1) is 13.7 Å². The number of hydrogen-bond donors (Lipinski definition) is 3. The highest BCUT2D eigenvalue weighted by Gasteiger charge is 2.15. The van der Waals surface area contributed by atoms with Gasteiger partial charge in [0.25, 0.3) is 0 Å². The Morgan fingerprint density at radius 2 is 2.00 bits per heavy atom. The molecule has 0 bridgehead atoms. The number of quaternary nitrogens is 1. The minimum absolute atomic E-state index is 0.118. The molecule has 1 aromatic rings. The SMILES string of the molecule is Cc1cc(OC[C@@H](O)C[NH+](C)CCO)c(C(C)C)cc1Cl. The van der Waals surface area contributed by atoms with E-state index in [0.29, 0.717) is 19.0 Å². The molecule has 0 fully saturated rings. The van der Waals surface area contributed by atoms with E-state index in [0.717, 1.165) is 26.8 Å². The highest BCUT2D eigenvalue weighted by Crippen LogP contribution is 2.32. The molecule has 0 spiro atoms. The minimum Gasteiger partial charge on any atom is -0.490 e. The van der Waals surface area contributed by atoms with Crippen molar-refractivity contribution >= 4 is 11.6 Å². The van der Waals surface area contributed by atoms with Crippen molar-refractivity contribution in [1.82, 2.24) is 0 Å². The first kappa shape index (κ1) is 18.2. The Morgan fingerprint density at radius 1 is 1.33 bits per heavy atom. The molecule has 0 saturated heterocycles. The third-order valence-electron chi connectivity index (χ3n) is 3.47. The van der Waals surface area contributed by atoms with E-state index in [4.69, 9.17) is 21.4 Å². The minimum atomic E-state index is -0.562. The average Bonchev–Trinajstić information content (AvgIpc) is 2.39. The van der Waals surface area contributed by atoms with Crippen LogP contribution in [-0.2, 0) is 0 Å². The van der Waals surface area contributed by atoms with E-state index in [1.807, 2.05) is 26.1 Å². The van der Waals surface area contributed by atoms with E-state index in [9.17, 15) is 5.11 Å². The predicted octanol–water partition coefficient (Wildman–Crippen LogP) is 1.02. The van der Waals surface area contributed by atoms with Crippen LogP contribution in [0.5, 0.6) is 5.75 Å². The molecule has 0 aromatic heterocycles. The molecule has 0 saturated carbocycles. The quantitative estimate of drug-likeness (QED) is 0.671. The fourth-order valence-corrected chi connectivity index (χ4v) is 2.36. The van der Waals surface area contributed by atoms with Crippen molar-refractivity contribution in [3.63, 3.8) is 0 Å². The summed E-state index contributed by atoms with van der Waals surface area (Å²) in [6.07, 6.45) is -0.562. The normalized spacial score (nSPS) is 14.3. The number of aliphatic hydroxyl groups excluding tert-OH is 2. The molecule has 5 heteroatoms. The first-order valence-corrected chi connectivity index (χ1v) is 7.76. The lowest BCUT2D eigenvalue weighted by Gasteiger charge is -2.20. The van der Waals surface area contributed by atoms with Crippen LogP contribution >= 0.6 is 11.6 Å². The third kappa shape index (κ3) is 5.83. The number of rotatable bonds is 8. The van der Waals surface area contributed by atoms with E-state index in [2.05, 4.69) is 13.8 Å². The maximum Gasteiger partial charge on any atom is 0.137 e. The average molecular weight is 317 g/mol. The van der Waals surface area contributed by atoms with Crippen LogP contribution in [-0.4, -0.2) is 49.7 Å². The van der Waals surface area contributed by atoms with Gasteiger partial charge >= 0.3 is 0 Å². The van der Waals surface area contributed by atoms with Crippen LogP contribution in [0, 0.1) is 6.92 Å². The van der Waals surface area contributed by atoms with Crippen molar-refractivity contribution < 1.29 is 19.8 Å². The second-order valence-electron chi connectivity index (χ2n) is 5.89. The van der Waals surface area contributed by atoms with Gasteiger partial charge in [-0.3, -0.25) is 0 Å². The first-order chi connectivity index (χ1) is 9.85. The number of benzene rings is 1. The highest BCUT2D eigenvalue weighted by atomic mass is 35.5. The molecule has 1 aromatic carbocycles. The summed E-state index contributed by atoms with van der Waals surface area (Å²) in [4.78, 5) is 1.07. The van der Waals surface area contributed by atoms with Crippen molar-refractivity contribution in [3.05, 3.63) is 28.3 Å². The number of ether oxygens (including phenoxy) is 1. The van der Waals surface area contributed by atoms with Gasteiger partial charge < -0.3 is 19.8 Å². The maximum absolute atomic E-state index is 10.0. The van der Waals surface area contributed by atoms with Gasteiger partial charge in [-0.25, -0.2) is 0 Å². The number of hydrogen-bond acceptors (Lipinski definition) is 3. The number of likely N-dealkylation sites (N-methyl/N-ethyl adjacent to an activating group) is 1. The smallest absolute Gasteiger partial charge is 0.137 e. The standard InChI is InChI=1S/C16H26ClNO3/c1-11(2)14-8-15(17)12(3)7-16(14)21-10-13(20)9-18(4)5-6-19/h7-8,11,13,19-20H,5-6,9-10H2,1-4H3/p+1/t13-/m0/s1. The summed E-state index contributed by atoms with van der Waals surface area (Å²) in [5.41, 5.74) is 2.02. The molecular formula is C16H27ClNO3+. The predicted molar refractivity (Wildman–Crippen MR) is 85.5 cm³/mol. The third-order valence-corrected chi connectivity index (χ3v) is 3.87. The molecule has 4 nitrogen and oxygen atoms in total. The Labute approximate surface area is 132 Å². The van der Waals surface area contributed by atoms with Crippen LogP contribution in [0.2, 0.25) is 5.02 Å².